The van der Waals surface area contributed by atoms with Gasteiger partial charge in [-0.15, -0.1) is 0 Å². The Balaban J connectivity index is 0.000000280. The van der Waals surface area contributed by atoms with Gasteiger partial charge >= 0.3 is 26.2 Å². The third-order valence-electron chi connectivity index (χ3n) is 7.39. The molecule has 1 aliphatic heterocycles. The molecule has 0 spiro atoms. The average Bonchev–Trinajstić information content (AvgIpc) is 3.89. The monoisotopic (exact) mass is 714 g/mol. The Kier molecular flexibility index (Phi) is 21.4. The minimum absolute atomic E-state index is 0. The fourth-order valence-electron chi connectivity index (χ4n) is 5.45. The Morgan fingerprint density at radius 1 is 0.426 bits per heavy atom. The number of benzene rings is 4. The summed E-state index contributed by atoms with van der Waals surface area (Å²) >= 11 is 4.83. The second-order valence-electron chi connectivity index (χ2n) is 12.2. The first-order valence-electron chi connectivity index (χ1n) is 16.4. The van der Waals surface area contributed by atoms with Crippen molar-refractivity contribution in [2.45, 2.75) is 44.8 Å². The number of hydrogen-bond donors (Lipinski definition) is 0. The van der Waals surface area contributed by atoms with Crippen LogP contribution < -0.4 is 21.9 Å². The Morgan fingerprint density at radius 2 is 0.638 bits per heavy atom. The van der Waals surface area contributed by atoms with Gasteiger partial charge in [0.05, 0.1) is 0 Å². The Morgan fingerprint density at radius 3 is 0.787 bits per heavy atom. The van der Waals surface area contributed by atoms with Gasteiger partial charge in [-0.1, -0.05) is 142 Å². The molecule has 3 fully saturated rings. The van der Waals surface area contributed by atoms with Gasteiger partial charge in [0, 0.05) is 13.2 Å². The quantitative estimate of drug-likeness (QED) is 0.159. The van der Waals surface area contributed by atoms with Crippen molar-refractivity contribution in [2.75, 3.05) is 13.2 Å². The Labute approximate surface area is 313 Å². The van der Waals surface area contributed by atoms with Crippen molar-refractivity contribution in [2.24, 2.45) is 0 Å². The van der Waals surface area contributed by atoms with E-state index in [-0.39, 0.29) is 31.0 Å². The predicted octanol–water partition coefficient (Wildman–Crippen LogP) is 7.62. The zero-order chi connectivity index (χ0) is 32.8. The van der Waals surface area contributed by atoms with E-state index >= 15 is 0 Å². The first-order valence-corrected chi connectivity index (χ1v) is 16.8. The molecule has 2 saturated carbocycles. The molecule has 7 rings (SSSR count). The van der Waals surface area contributed by atoms with Crippen LogP contribution in [0.5, 0.6) is 0 Å². The van der Waals surface area contributed by atoms with Crippen molar-refractivity contribution in [3.63, 3.8) is 0 Å². The maximum Gasteiger partial charge on any atom is 2.00 e. The summed E-state index contributed by atoms with van der Waals surface area (Å²) in [6.45, 7) is 8.01. The fraction of sp³-hybridized carbons (Fsp3) is 0.209. The molecule has 4 aromatic carbocycles. The van der Waals surface area contributed by atoms with E-state index in [0.29, 0.717) is 0 Å². The molecule has 0 atom stereocenters. The summed E-state index contributed by atoms with van der Waals surface area (Å²) in [6, 6.07) is 43.5. The van der Waals surface area contributed by atoms with E-state index in [1.807, 2.05) is 85.0 Å². The van der Waals surface area contributed by atoms with Crippen LogP contribution in [-0.4, -0.2) is 24.1 Å². The third kappa shape index (κ3) is 15.9. The summed E-state index contributed by atoms with van der Waals surface area (Å²) in [7, 11) is 0. The van der Waals surface area contributed by atoms with Crippen LogP contribution in [0.15, 0.2) is 121 Å². The van der Waals surface area contributed by atoms with Crippen molar-refractivity contribution in [3.05, 3.63) is 186 Å². The smallest absolute Gasteiger partial charge is 0.787 e. The van der Waals surface area contributed by atoms with Crippen molar-refractivity contribution < 1.29 is 30.9 Å². The van der Waals surface area contributed by atoms with E-state index in [0.717, 1.165) is 13.2 Å². The molecule has 1 nitrogen and oxygen atoms in total. The zero-order valence-electron chi connectivity index (χ0n) is 28.2. The van der Waals surface area contributed by atoms with Crippen LogP contribution in [0.2, 0.25) is 0 Å². The van der Waals surface area contributed by atoms with Crippen molar-refractivity contribution in [3.8, 4) is 0 Å². The molecule has 1 saturated heterocycles. The minimum Gasteiger partial charge on any atom is -0.787 e. The molecule has 0 amide bonds. The van der Waals surface area contributed by atoms with Gasteiger partial charge in [-0.2, -0.15) is 26.6 Å². The van der Waals surface area contributed by atoms with Gasteiger partial charge in [-0.05, 0) is 83.5 Å². The molecule has 4 heteroatoms. The standard InChI is InChI=1S/C24H20B.C5H10O.2C5H5.C4H10S.Zr/c1-5-13-21(14-6-1)25(22-15-7-2-8-16-22,23-17-9-3-10-18-23)24-19-11-4-12-20-24;1-2-4-6-5-3-1;2*1-2-4-5-3-1;1-4(2,3)5;/h1-20H;1-5H2;2*1-5H;5H,1-3H3;/q-1;;;;;+2/p-1. The summed E-state index contributed by atoms with van der Waals surface area (Å²) in [5, 5.41) is 0. The van der Waals surface area contributed by atoms with Crippen LogP contribution >= 0.6 is 0 Å². The molecule has 10 radical (unpaired) electrons. The topological polar surface area (TPSA) is 9.23 Å². The zero-order valence-corrected chi connectivity index (χ0v) is 31.5. The third-order valence-corrected chi connectivity index (χ3v) is 7.39. The van der Waals surface area contributed by atoms with Gasteiger partial charge < -0.3 is 17.4 Å². The van der Waals surface area contributed by atoms with Gasteiger partial charge in [0.2, 0.25) is 0 Å². The molecular weight excluding hydrogens is 667 g/mol. The molecule has 0 aromatic heterocycles. The van der Waals surface area contributed by atoms with Crippen LogP contribution in [0, 0.1) is 64.2 Å². The van der Waals surface area contributed by atoms with E-state index in [4.69, 9.17) is 17.4 Å². The van der Waals surface area contributed by atoms with Gasteiger partial charge in [-0.3, -0.25) is 0 Å². The molecule has 3 aliphatic rings. The van der Waals surface area contributed by atoms with Gasteiger partial charge in [0.15, 0.2) is 0 Å². The summed E-state index contributed by atoms with van der Waals surface area (Å²) in [5.74, 6) is 0. The maximum atomic E-state index is 5.07. The summed E-state index contributed by atoms with van der Waals surface area (Å²) in [5.41, 5.74) is 5.36. The molecule has 240 valence electrons. The number of ether oxygens (including phenoxy) is 1. The van der Waals surface area contributed by atoms with Gasteiger partial charge in [0.1, 0.15) is 6.15 Å². The maximum absolute atomic E-state index is 5.07. The van der Waals surface area contributed by atoms with E-state index in [1.54, 1.807) is 0 Å². The van der Waals surface area contributed by atoms with E-state index in [2.05, 4.69) is 121 Å². The summed E-state index contributed by atoms with van der Waals surface area (Å²) in [4.78, 5) is 0. The molecule has 0 N–H and O–H groups in total. The van der Waals surface area contributed by atoms with Crippen LogP contribution in [0.1, 0.15) is 40.0 Å². The van der Waals surface area contributed by atoms with Crippen molar-refractivity contribution >= 4 is 40.6 Å². The minimum atomic E-state index is -1.22. The molecule has 2 aliphatic carbocycles. The van der Waals surface area contributed by atoms with Gasteiger partial charge in [0.25, 0.3) is 0 Å². The summed E-state index contributed by atoms with van der Waals surface area (Å²) in [6.07, 6.45) is 22.7. The Bertz CT molecular complexity index is 1060. The Hall–Kier alpha value is -1.86. The van der Waals surface area contributed by atoms with E-state index in [1.165, 1.54) is 41.1 Å². The van der Waals surface area contributed by atoms with E-state index < -0.39 is 6.15 Å². The molecular formula is C43H49BOSZr. The van der Waals surface area contributed by atoms with Crippen LogP contribution in [0.4, 0.5) is 0 Å². The van der Waals surface area contributed by atoms with Crippen LogP contribution in [0.3, 0.4) is 0 Å². The summed E-state index contributed by atoms with van der Waals surface area (Å²) < 4.78 is 5.15. The molecule has 47 heavy (non-hydrogen) atoms. The first-order chi connectivity index (χ1) is 22.4. The van der Waals surface area contributed by atoms with Crippen LogP contribution in [-0.2, 0) is 43.6 Å². The second-order valence-corrected chi connectivity index (χ2v) is 13.4. The SMILES string of the molecule is C1CCOCC1.CC(C)(C)[S-].[CH]1[CH][CH][CH][CH]1.[CH]1[CH][CH][CH][CH]1.[Zr+2].c1ccc([B-](c2ccccc2)(c2ccccc2)c2ccccc2)cc1. The van der Waals surface area contributed by atoms with Crippen LogP contribution in [0.25, 0.3) is 0 Å². The second kappa shape index (κ2) is 24.3. The number of rotatable bonds is 4. The first kappa shape index (κ1) is 41.3. The molecule has 4 aromatic rings. The largest absolute Gasteiger partial charge is 2.00 e. The van der Waals surface area contributed by atoms with Crippen molar-refractivity contribution in [1.29, 1.82) is 0 Å². The molecule has 1 heterocycles. The van der Waals surface area contributed by atoms with Crippen molar-refractivity contribution in [1.82, 2.24) is 0 Å². The molecule has 0 bridgehead atoms. The van der Waals surface area contributed by atoms with Gasteiger partial charge in [-0.25, -0.2) is 0 Å². The normalized spacial score (nSPS) is 15.4. The molecule has 0 unspecified atom stereocenters. The fourth-order valence-corrected chi connectivity index (χ4v) is 5.45. The van der Waals surface area contributed by atoms with E-state index in [9.17, 15) is 0 Å². The number of hydrogen-bond acceptors (Lipinski definition) is 2. The predicted molar refractivity (Wildman–Crippen MR) is 205 cm³/mol. The average molecular weight is 716 g/mol.